The number of carbonyl (C=O) groups is 1. The lowest BCUT2D eigenvalue weighted by atomic mass is 10.2. The van der Waals surface area contributed by atoms with E-state index in [0.717, 1.165) is 12.1 Å². The second kappa shape index (κ2) is 6.60. The van der Waals surface area contributed by atoms with Gasteiger partial charge in [0, 0.05) is 19.3 Å². The molecule has 0 spiro atoms. The van der Waals surface area contributed by atoms with E-state index in [-0.39, 0.29) is 19.1 Å². The molecule has 0 radical (unpaired) electrons. The second-order valence-electron chi connectivity index (χ2n) is 6.05. The molecule has 0 bridgehead atoms. The maximum atomic E-state index is 12.9. The van der Waals surface area contributed by atoms with E-state index in [4.69, 9.17) is 5.11 Å². The average molecular weight is 409 g/mol. The van der Waals surface area contributed by atoms with Crippen molar-refractivity contribution in [3.63, 3.8) is 0 Å². The van der Waals surface area contributed by atoms with Crippen LogP contribution in [0.2, 0.25) is 0 Å². The maximum Gasteiger partial charge on any atom is 0.416 e. The number of aryl methyl sites for hydroxylation is 1. The number of aromatic nitrogens is 4. The first kappa shape index (κ1) is 18.4. The van der Waals surface area contributed by atoms with Gasteiger partial charge in [0.15, 0.2) is 5.65 Å². The molecular weight excluding hydrogens is 395 g/mol. The van der Waals surface area contributed by atoms with Crippen molar-refractivity contribution in [1.82, 2.24) is 24.9 Å². The van der Waals surface area contributed by atoms with Gasteiger partial charge in [0.2, 0.25) is 0 Å². The number of thiophene rings is 1. The molecule has 0 saturated heterocycles. The van der Waals surface area contributed by atoms with Gasteiger partial charge in [-0.05, 0) is 30.3 Å². The number of nitrogens with zero attached hydrogens (tertiary/aromatic N) is 4. The predicted molar refractivity (Wildman–Crippen MR) is 97.6 cm³/mol. The van der Waals surface area contributed by atoms with Crippen molar-refractivity contribution < 1.29 is 23.1 Å². The van der Waals surface area contributed by atoms with E-state index in [9.17, 15) is 18.0 Å². The van der Waals surface area contributed by atoms with Crippen LogP contribution in [0.5, 0.6) is 0 Å². The molecule has 0 aliphatic rings. The summed E-state index contributed by atoms with van der Waals surface area (Å²) in [5.74, 6) is -0.341. The lowest BCUT2D eigenvalue weighted by Gasteiger charge is -2.09. The molecule has 7 nitrogen and oxygen atoms in total. The van der Waals surface area contributed by atoms with E-state index in [1.54, 1.807) is 17.7 Å². The van der Waals surface area contributed by atoms with Crippen LogP contribution in [-0.2, 0) is 13.2 Å². The molecule has 0 unspecified atom stereocenters. The molecule has 4 aromatic rings. The van der Waals surface area contributed by atoms with Gasteiger partial charge >= 0.3 is 6.18 Å². The normalized spacial score (nSPS) is 12.2. The van der Waals surface area contributed by atoms with Crippen LogP contribution in [0.25, 0.3) is 27.1 Å². The second-order valence-corrected chi connectivity index (χ2v) is 7.10. The summed E-state index contributed by atoms with van der Waals surface area (Å²) >= 11 is 1.21. The Labute approximate surface area is 160 Å². The van der Waals surface area contributed by atoms with Crippen molar-refractivity contribution in [2.75, 3.05) is 13.2 Å². The van der Waals surface area contributed by atoms with Crippen molar-refractivity contribution in [3.8, 4) is 5.69 Å². The molecule has 146 valence electrons. The molecule has 1 amide bonds. The topological polar surface area (TPSA) is 85.0 Å². The van der Waals surface area contributed by atoms with Crippen LogP contribution in [-0.4, -0.2) is 43.7 Å². The Balaban J connectivity index is 1.88. The molecule has 3 heterocycles. The largest absolute Gasteiger partial charge is 0.416 e. The predicted octanol–water partition coefficient (Wildman–Crippen LogP) is 2.71. The van der Waals surface area contributed by atoms with Crippen molar-refractivity contribution in [2.45, 2.75) is 6.18 Å². The minimum absolute atomic E-state index is 0.125. The smallest absolute Gasteiger partial charge is 0.395 e. The summed E-state index contributed by atoms with van der Waals surface area (Å²) in [6.45, 7) is -0.0524. The third kappa shape index (κ3) is 3.02. The summed E-state index contributed by atoms with van der Waals surface area (Å²) in [7, 11) is 1.64. The highest BCUT2D eigenvalue weighted by atomic mass is 32.1. The summed E-state index contributed by atoms with van der Waals surface area (Å²) in [5, 5.41) is 20.1. The van der Waals surface area contributed by atoms with Crippen LogP contribution in [0.3, 0.4) is 0 Å². The Bertz CT molecular complexity index is 1170. The van der Waals surface area contributed by atoms with E-state index in [0.29, 0.717) is 31.9 Å². The fourth-order valence-electron chi connectivity index (χ4n) is 2.95. The van der Waals surface area contributed by atoms with E-state index in [1.165, 1.54) is 28.3 Å². The molecule has 0 atom stereocenters. The molecule has 2 N–H and O–H groups in total. The van der Waals surface area contributed by atoms with E-state index < -0.39 is 11.7 Å². The van der Waals surface area contributed by atoms with Crippen molar-refractivity contribution >= 4 is 38.6 Å². The van der Waals surface area contributed by atoms with Crippen LogP contribution in [0.15, 0.2) is 30.3 Å². The van der Waals surface area contributed by atoms with Crippen LogP contribution in [0.4, 0.5) is 13.2 Å². The first-order chi connectivity index (χ1) is 13.3. The van der Waals surface area contributed by atoms with E-state index in [2.05, 4.69) is 15.5 Å². The monoisotopic (exact) mass is 409 g/mol. The van der Waals surface area contributed by atoms with Crippen LogP contribution < -0.4 is 5.32 Å². The molecule has 28 heavy (non-hydrogen) atoms. The van der Waals surface area contributed by atoms with Gasteiger partial charge in [-0.15, -0.1) is 16.4 Å². The van der Waals surface area contributed by atoms with Gasteiger partial charge in [0.1, 0.15) is 5.52 Å². The minimum atomic E-state index is -4.42. The summed E-state index contributed by atoms with van der Waals surface area (Å²) in [4.78, 5) is 14.0. The molecule has 0 saturated carbocycles. The first-order valence-electron chi connectivity index (χ1n) is 8.21. The van der Waals surface area contributed by atoms with Crippen molar-refractivity contribution in [3.05, 3.63) is 40.8 Å². The van der Waals surface area contributed by atoms with Gasteiger partial charge in [0.25, 0.3) is 5.91 Å². The lowest BCUT2D eigenvalue weighted by Crippen LogP contribution is -2.25. The number of rotatable bonds is 4. The van der Waals surface area contributed by atoms with E-state index in [1.807, 2.05) is 0 Å². The lowest BCUT2D eigenvalue weighted by molar-refractivity contribution is -0.137. The fraction of sp³-hybridized carbons (Fsp3) is 0.235. The number of nitrogens with one attached hydrogen (secondary N) is 1. The molecule has 4 rings (SSSR count). The molecule has 3 aromatic heterocycles. The summed E-state index contributed by atoms with van der Waals surface area (Å²) in [5.41, 5.74) is 1.41. The van der Waals surface area contributed by atoms with Gasteiger partial charge in [0.05, 0.1) is 27.3 Å². The quantitative estimate of drug-likeness (QED) is 0.543. The number of fused-ring (bicyclic) bond motifs is 3. The molecule has 0 fully saturated rings. The third-order valence-corrected chi connectivity index (χ3v) is 5.28. The molecular formula is C17H14F3N5O2S. The van der Waals surface area contributed by atoms with Crippen molar-refractivity contribution in [2.24, 2.45) is 7.05 Å². The Morgan fingerprint density at radius 1 is 1.25 bits per heavy atom. The Kier molecular flexibility index (Phi) is 4.35. The van der Waals surface area contributed by atoms with Crippen LogP contribution in [0.1, 0.15) is 15.2 Å². The minimum Gasteiger partial charge on any atom is -0.395 e. The number of aliphatic hydroxyl groups excluding tert-OH is 1. The van der Waals surface area contributed by atoms with E-state index >= 15 is 0 Å². The average Bonchev–Trinajstić information content (AvgIpc) is 3.29. The van der Waals surface area contributed by atoms with Gasteiger partial charge in [-0.3, -0.25) is 9.36 Å². The van der Waals surface area contributed by atoms with Gasteiger partial charge in [-0.1, -0.05) is 0 Å². The number of halogens is 3. The molecule has 11 heteroatoms. The highest BCUT2D eigenvalue weighted by Gasteiger charge is 2.30. The SMILES string of the molecule is Cn1nc2c3sc(C(=O)NCCO)cc3n(-c3ccc(C(F)(F)F)cc3)c2n1. The summed E-state index contributed by atoms with van der Waals surface area (Å²) in [6, 6.07) is 6.38. The highest BCUT2D eigenvalue weighted by molar-refractivity contribution is 7.21. The van der Waals surface area contributed by atoms with Crippen LogP contribution >= 0.6 is 11.3 Å². The zero-order chi connectivity index (χ0) is 20.1. The van der Waals surface area contributed by atoms with Gasteiger partial charge < -0.3 is 10.4 Å². The van der Waals surface area contributed by atoms with Gasteiger partial charge in [-0.2, -0.15) is 23.1 Å². The number of alkyl halides is 3. The first-order valence-corrected chi connectivity index (χ1v) is 9.03. The maximum absolute atomic E-state index is 12.9. The number of hydrogen-bond donors (Lipinski definition) is 2. The zero-order valence-electron chi connectivity index (χ0n) is 14.5. The number of hydrogen-bond acceptors (Lipinski definition) is 5. The Morgan fingerprint density at radius 2 is 1.96 bits per heavy atom. The summed E-state index contributed by atoms with van der Waals surface area (Å²) < 4.78 is 41.0. The zero-order valence-corrected chi connectivity index (χ0v) is 15.3. The number of amides is 1. The number of benzene rings is 1. The number of carbonyl (C=O) groups excluding carboxylic acids is 1. The standard InChI is InChI=1S/C17H14F3N5O2S/c1-24-22-13-14-11(8-12(28-14)16(27)21-6-7-26)25(15(13)23-24)10-4-2-9(3-5-10)17(18,19)20/h2-5,8,26H,6-7H2,1H3,(H,21,27). The molecule has 0 aliphatic carbocycles. The molecule has 0 aliphatic heterocycles. The summed E-state index contributed by atoms with van der Waals surface area (Å²) in [6.07, 6.45) is -4.42. The van der Waals surface area contributed by atoms with Crippen molar-refractivity contribution in [1.29, 1.82) is 0 Å². The highest BCUT2D eigenvalue weighted by Crippen LogP contribution is 2.37. The third-order valence-electron chi connectivity index (χ3n) is 4.15. The van der Waals surface area contributed by atoms with Gasteiger partial charge in [-0.25, -0.2) is 0 Å². The number of aliphatic hydroxyl groups is 1. The molecule has 1 aromatic carbocycles. The Morgan fingerprint density at radius 3 is 2.61 bits per heavy atom. The Hall–Kier alpha value is -2.92. The fourth-order valence-corrected chi connectivity index (χ4v) is 3.99. The van der Waals surface area contributed by atoms with Crippen LogP contribution in [0, 0.1) is 0 Å².